The van der Waals surface area contributed by atoms with Crippen molar-refractivity contribution in [2.75, 3.05) is 18.4 Å². The van der Waals surface area contributed by atoms with Crippen LogP contribution in [-0.2, 0) is 0 Å². The van der Waals surface area contributed by atoms with Crippen molar-refractivity contribution < 1.29 is 4.79 Å². The minimum absolute atomic E-state index is 0.0176. The third-order valence-corrected chi connectivity index (χ3v) is 4.83. The molecule has 7 nitrogen and oxygen atoms in total. The maximum Gasteiger partial charge on any atom is 0.255 e. The monoisotopic (exact) mass is 374 g/mol. The van der Waals surface area contributed by atoms with Gasteiger partial charge >= 0.3 is 0 Å². The maximum absolute atomic E-state index is 12.7. The van der Waals surface area contributed by atoms with Crippen molar-refractivity contribution in [2.45, 2.75) is 25.7 Å². The number of nitrogens with zero attached hydrogens (tertiary/aromatic N) is 5. The number of amides is 1. The van der Waals surface area contributed by atoms with Gasteiger partial charge in [0.15, 0.2) is 0 Å². The Labute approximate surface area is 163 Å². The number of anilines is 2. The number of hydrogen-bond acceptors (Lipinski definition) is 6. The molecule has 1 N–H and O–H groups in total. The molecule has 3 aromatic rings. The summed E-state index contributed by atoms with van der Waals surface area (Å²) in [5, 5.41) is 3.21. The molecule has 1 aliphatic heterocycles. The topological polar surface area (TPSA) is 83.9 Å². The molecule has 28 heavy (non-hydrogen) atoms. The molecule has 7 heteroatoms. The first-order valence-corrected chi connectivity index (χ1v) is 9.41. The van der Waals surface area contributed by atoms with Crippen molar-refractivity contribution in [3.8, 4) is 0 Å². The predicted octanol–water partition coefficient (Wildman–Crippen LogP) is 3.34. The van der Waals surface area contributed by atoms with Crippen molar-refractivity contribution in [3.63, 3.8) is 0 Å². The molecule has 4 heterocycles. The first kappa shape index (κ1) is 18.0. The molecule has 1 unspecified atom stereocenters. The SMILES string of the molecule is Cc1cccc(Nc2cncc(C3CCCN(C(=O)c4cccnc4)C3)n2)n1. The largest absolute Gasteiger partial charge is 0.338 e. The fourth-order valence-electron chi connectivity index (χ4n) is 3.46. The van der Waals surface area contributed by atoms with Crippen molar-refractivity contribution in [1.82, 2.24) is 24.8 Å². The fourth-order valence-corrected chi connectivity index (χ4v) is 3.46. The van der Waals surface area contributed by atoms with Crippen LogP contribution in [0, 0.1) is 6.92 Å². The Morgan fingerprint density at radius 2 is 2.00 bits per heavy atom. The van der Waals surface area contributed by atoms with Crippen LogP contribution in [-0.4, -0.2) is 43.8 Å². The molecule has 0 saturated carbocycles. The second-order valence-electron chi connectivity index (χ2n) is 6.95. The standard InChI is InChI=1S/C21H22N6O/c1-15-5-2-8-19(24-15)26-20-13-23-12-18(25-20)17-7-4-10-27(14-17)21(28)16-6-3-9-22-11-16/h2-3,5-6,8-9,11-13,17H,4,7,10,14H2,1H3,(H,24,25,26). The summed E-state index contributed by atoms with van der Waals surface area (Å²) in [4.78, 5) is 32.2. The predicted molar refractivity (Wildman–Crippen MR) is 106 cm³/mol. The molecule has 142 valence electrons. The van der Waals surface area contributed by atoms with Gasteiger partial charge in [-0.2, -0.15) is 0 Å². The minimum Gasteiger partial charge on any atom is -0.338 e. The highest BCUT2D eigenvalue weighted by atomic mass is 16.2. The lowest BCUT2D eigenvalue weighted by Gasteiger charge is -2.32. The highest BCUT2D eigenvalue weighted by Gasteiger charge is 2.26. The molecule has 1 atom stereocenters. The third-order valence-electron chi connectivity index (χ3n) is 4.83. The second kappa shape index (κ2) is 8.12. The van der Waals surface area contributed by atoms with Crippen LogP contribution in [0.4, 0.5) is 11.6 Å². The molecule has 1 aliphatic rings. The summed E-state index contributed by atoms with van der Waals surface area (Å²) in [5.74, 6) is 1.58. The first-order valence-electron chi connectivity index (χ1n) is 9.41. The van der Waals surface area contributed by atoms with Crippen molar-refractivity contribution in [3.05, 3.63) is 72.1 Å². The minimum atomic E-state index is 0.0176. The molecule has 0 spiro atoms. The molecule has 0 aromatic carbocycles. The van der Waals surface area contributed by atoms with Crippen LogP contribution in [0.1, 0.15) is 40.5 Å². The van der Waals surface area contributed by atoms with Crippen molar-refractivity contribution in [1.29, 1.82) is 0 Å². The molecule has 3 aromatic heterocycles. The van der Waals surface area contributed by atoms with Gasteiger partial charge in [-0.25, -0.2) is 9.97 Å². The smallest absolute Gasteiger partial charge is 0.255 e. The first-order chi connectivity index (χ1) is 13.7. The number of aryl methyl sites for hydroxylation is 1. The van der Waals surface area contributed by atoms with E-state index in [-0.39, 0.29) is 11.8 Å². The van der Waals surface area contributed by atoms with Crippen LogP contribution in [0.5, 0.6) is 0 Å². The van der Waals surface area contributed by atoms with Gasteiger partial charge in [0.25, 0.3) is 5.91 Å². The van der Waals surface area contributed by atoms with Gasteiger partial charge in [0.05, 0.1) is 17.5 Å². The highest BCUT2D eigenvalue weighted by molar-refractivity contribution is 5.94. The zero-order valence-corrected chi connectivity index (χ0v) is 15.7. The number of nitrogens with one attached hydrogen (secondary N) is 1. The number of carbonyl (C=O) groups is 1. The molecule has 0 aliphatic carbocycles. The molecule has 1 fully saturated rings. The summed E-state index contributed by atoms with van der Waals surface area (Å²) in [6.45, 7) is 3.33. The van der Waals surface area contributed by atoms with Crippen molar-refractivity contribution >= 4 is 17.5 Å². The van der Waals surface area contributed by atoms with E-state index in [4.69, 9.17) is 4.98 Å². The van der Waals surface area contributed by atoms with Gasteiger partial charge in [0.1, 0.15) is 11.6 Å². The van der Waals surface area contributed by atoms with E-state index in [0.717, 1.165) is 36.6 Å². The van der Waals surface area contributed by atoms with Crippen LogP contribution >= 0.6 is 0 Å². The van der Waals surface area contributed by atoms with Crippen LogP contribution in [0.2, 0.25) is 0 Å². The van der Waals surface area contributed by atoms with Gasteiger partial charge < -0.3 is 10.2 Å². The third kappa shape index (κ3) is 4.14. The van der Waals surface area contributed by atoms with Gasteiger partial charge in [0.2, 0.25) is 0 Å². The number of likely N-dealkylation sites (tertiary alicyclic amines) is 1. The van der Waals surface area contributed by atoms with Crippen LogP contribution in [0.15, 0.2) is 55.1 Å². The van der Waals surface area contributed by atoms with Crippen LogP contribution in [0.3, 0.4) is 0 Å². The summed E-state index contributed by atoms with van der Waals surface area (Å²) < 4.78 is 0. The Kier molecular flexibility index (Phi) is 5.23. The zero-order valence-electron chi connectivity index (χ0n) is 15.7. The lowest BCUT2D eigenvalue weighted by Crippen LogP contribution is -2.39. The van der Waals surface area contributed by atoms with E-state index in [1.54, 1.807) is 36.9 Å². The number of hydrogen-bond donors (Lipinski definition) is 1. The molecule has 0 bridgehead atoms. The Hall–Kier alpha value is -3.35. The van der Waals surface area contributed by atoms with E-state index < -0.39 is 0 Å². The zero-order chi connectivity index (χ0) is 19.3. The number of rotatable bonds is 4. The Morgan fingerprint density at radius 3 is 2.82 bits per heavy atom. The fraction of sp³-hybridized carbons (Fsp3) is 0.286. The lowest BCUT2D eigenvalue weighted by molar-refractivity contribution is 0.0705. The van der Waals surface area contributed by atoms with Gasteiger partial charge in [-0.1, -0.05) is 6.07 Å². The van der Waals surface area contributed by atoms with Crippen molar-refractivity contribution in [2.24, 2.45) is 0 Å². The molecule has 0 radical (unpaired) electrons. The second-order valence-corrected chi connectivity index (χ2v) is 6.95. The number of pyridine rings is 2. The molecule has 1 saturated heterocycles. The Bertz CT molecular complexity index is 962. The number of carbonyl (C=O) groups excluding carboxylic acids is 1. The highest BCUT2D eigenvalue weighted by Crippen LogP contribution is 2.27. The summed E-state index contributed by atoms with van der Waals surface area (Å²) >= 11 is 0. The molecular weight excluding hydrogens is 352 g/mol. The lowest BCUT2D eigenvalue weighted by atomic mass is 9.94. The molecular formula is C21H22N6O. The normalized spacial score (nSPS) is 16.6. The van der Waals surface area contributed by atoms with Gasteiger partial charge in [-0.15, -0.1) is 0 Å². The van der Waals surface area contributed by atoms with E-state index in [9.17, 15) is 4.79 Å². The number of aromatic nitrogens is 4. The average molecular weight is 374 g/mol. The van der Waals surface area contributed by atoms with E-state index in [1.165, 1.54) is 0 Å². The number of piperidine rings is 1. The van der Waals surface area contributed by atoms with Gasteiger partial charge in [0, 0.05) is 43.3 Å². The average Bonchev–Trinajstić information content (AvgIpc) is 2.74. The summed E-state index contributed by atoms with van der Waals surface area (Å²) in [7, 11) is 0. The van der Waals surface area contributed by atoms with E-state index in [2.05, 4.69) is 20.3 Å². The molecule has 1 amide bonds. The summed E-state index contributed by atoms with van der Waals surface area (Å²) in [6, 6.07) is 9.39. The van der Waals surface area contributed by atoms with Gasteiger partial charge in [-0.3, -0.25) is 14.8 Å². The maximum atomic E-state index is 12.7. The van der Waals surface area contributed by atoms with E-state index in [1.807, 2.05) is 30.0 Å². The van der Waals surface area contributed by atoms with E-state index in [0.29, 0.717) is 17.9 Å². The van der Waals surface area contributed by atoms with Crippen LogP contribution in [0.25, 0.3) is 0 Å². The quantitative estimate of drug-likeness (QED) is 0.754. The van der Waals surface area contributed by atoms with Crippen LogP contribution < -0.4 is 5.32 Å². The Morgan fingerprint density at radius 1 is 1.07 bits per heavy atom. The Balaban J connectivity index is 1.48. The summed E-state index contributed by atoms with van der Waals surface area (Å²) in [6.07, 6.45) is 8.69. The van der Waals surface area contributed by atoms with Gasteiger partial charge in [-0.05, 0) is 44.0 Å². The summed E-state index contributed by atoms with van der Waals surface area (Å²) in [5.41, 5.74) is 2.45. The van der Waals surface area contributed by atoms with E-state index >= 15 is 0 Å². The molecule has 4 rings (SSSR count).